The molecule has 1 aromatic carbocycles. The fourth-order valence-corrected chi connectivity index (χ4v) is 1.41. The zero-order valence-electron chi connectivity index (χ0n) is 9.84. The van der Waals surface area contributed by atoms with Crippen molar-refractivity contribution in [1.82, 2.24) is 20.1 Å². The van der Waals surface area contributed by atoms with Crippen LogP contribution in [0, 0.1) is 0 Å². The first-order valence-electron chi connectivity index (χ1n) is 5.70. The number of nitrogens with one attached hydrogen (secondary N) is 1. The number of hydrogen-bond acceptors (Lipinski definition) is 4. The molecule has 0 radical (unpaired) electrons. The van der Waals surface area contributed by atoms with Gasteiger partial charge in [0.05, 0.1) is 5.69 Å². The van der Waals surface area contributed by atoms with Crippen LogP contribution in [0.1, 0.15) is 6.92 Å². The average Bonchev–Trinajstić information content (AvgIpc) is 2.85. The molecule has 17 heavy (non-hydrogen) atoms. The van der Waals surface area contributed by atoms with Crippen molar-refractivity contribution in [2.75, 3.05) is 19.7 Å². The Kier molecular flexibility index (Phi) is 4.10. The van der Waals surface area contributed by atoms with Crippen molar-refractivity contribution in [2.45, 2.75) is 6.92 Å². The van der Waals surface area contributed by atoms with Gasteiger partial charge < -0.3 is 10.1 Å². The van der Waals surface area contributed by atoms with Crippen molar-refractivity contribution in [3.63, 3.8) is 0 Å². The standard InChI is InChI=1S/C12H16N4O/c1-2-13-8-9-17-12-14-10-16(15-12)11-6-4-3-5-7-11/h3-7,10,13H,2,8-9H2,1H3. The van der Waals surface area contributed by atoms with Gasteiger partial charge in [-0.15, -0.1) is 5.10 Å². The van der Waals surface area contributed by atoms with Gasteiger partial charge in [-0.3, -0.25) is 0 Å². The topological polar surface area (TPSA) is 52.0 Å². The van der Waals surface area contributed by atoms with E-state index in [0.29, 0.717) is 12.6 Å². The lowest BCUT2D eigenvalue weighted by atomic mass is 10.3. The van der Waals surface area contributed by atoms with Crippen molar-refractivity contribution in [2.24, 2.45) is 0 Å². The highest BCUT2D eigenvalue weighted by Crippen LogP contribution is 2.07. The van der Waals surface area contributed by atoms with Crippen molar-refractivity contribution >= 4 is 0 Å². The van der Waals surface area contributed by atoms with E-state index in [-0.39, 0.29) is 0 Å². The van der Waals surface area contributed by atoms with E-state index in [1.165, 1.54) is 0 Å². The van der Waals surface area contributed by atoms with Gasteiger partial charge in [-0.2, -0.15) is 4.98 Å². The maximum absolute atomic E-state index is 5.40. The summed E-state index contributed by atoms with van der Waals surface area (Å²) in [5, 5.41) is 7.40. The van der Waals surface area contributed by atoms with Gasteiger partial charge in [0.15, 0.2) is 0 Å². The normalized spacial score (nSPS) is 10.4. The first-order valence-corrected chi connectivity index (χ1v) is 5.70. The third kappa shape index (κ3) is 3.29. The SMILES string of the molecule is CCNCCOc1ncn(-c2ccccc2)n1. The maximum atomic E-state index is 5.40. The Bertz CT molecular complexity index is 441. The Morgan fingerprint density at radius 2 is 2.12 bits per heavy atom. The van der Waals surface area contributed by atoms with E-state index in [9.17, 15) is 0 Å². The van der Waals surface area contributed by atoms with E-state index in [4.69, 9.17) is 4.74 Å². The zero-order chi connectivity index (χ0) is 11.9. The Labute approximate surface area is 100 Å². The molecule has 0 aliphatic carbocycles. The number of rotatable bonds is 6. The number of likely N-dealkylation sites (N-methyl/N-ethyl adjacent to an activating group) is 1. The molecule has 0 atom stereocenters. The maximum Gasteiger partial charge on any atom is 0.335 e. The average molecular weight is 232 g/mol. The van der Waals surface area contributed by atoms with Crippen LogP contribution in [-0.2, 0) is 0 Å². The molecule has 0 aliphatic heterocycles. The molecule has 2 rings (SSSR count). The van der Waals surface area contributed by atoms with E-state index < -0.39 is 0 Å². The van der Waals surface area contributed by atoms with Crippen LogP contribution < -0.4 is 10.1 Å². The minimum absolute atomic E-state index is 0.409. The monoisotopic (exact) mass is 232 g/mol. The van der Waals surface area contributed by atoms with E-state index in [0.717, 1.165) is 18.8 Å². The Hall–Kier alpha value is -1.88. The second-order valence-electron chi connectivity index (χ2n) is 3.51. The van der Waals surface area contributed by atoms with Crippen LogP contribution in [-0.4, -0.2) is 34.5 Å². The largest absolute Gasteiger partial charge is 0.461 e. The highest BCUT2D eigenvalue weighted by molar-refractivity contribution is 5.29. The van der Waals surface area contributed by atoms with Crippen LogP contribution in [0.2, 0.25) is 0 Å². The highest BCUT2D eigenvalue weighted by Gasteiger charge is 2.02. The van der Waals surface area contributed by atoms with Crippen LogP contribution in [0.5, 0.6) is 6.01 Å². The number of para-hydroxylation sites is 1. The van der Waals surface area contributed by atoms with Crippen molar-refractivity contribution < 1.29 is 4.74 Å². The highest BCUT2D eigenvalue weighted by atomic mass is 16.5. The van der Waals surface area contributed by atoms with Gasteiger partial charge in [0.25, 0.3) is 0 Å². The van der Waals surface area contributed by atoms with E-state index in [2.05, 4.69) is 22.3 Å². The van der Waals surface area contributed by atoms with E-state index in [1.807, 2.05) is 30.3 Å². The number of benzene rings is 1. The molecule has 0 saturated heterocycles. The Balaban J connectivity index is 1.92. The number of hydrogen-bond donors (Lipinski definition) is 1. The lowest BCUT2D eigenvalue weighted by molar-refractivity contribution is 0.291. The molecule has 1 heterocycles. The molecule has 0 unspecified atom stereocenters. The predicted octanol–water partition coefficient (Wildman–Crippen LogP) is 1.26. The smallest absolute Gasteiger partial charge is 0.335 e. The van der Waals surface area contributed by atoms with Gasteiger partial charge >= 0.3 is 6.01 Å². The molecule has 90 valence electrons. The van der Waals surface area contributed by atoms with Crippen molar-refractivity contribution in [3.8, 4) is 11.7 Å². The van der Waals surface area contributed by atoms with Gasteiger partial charge in [-0.05, 0) is 18.7 Å². The van der Waals surface area contributed by atoms with Crippen molar-refractivity contribution in [1.29, 1.82) is 0 Å². The van der Waals surface area contributed by atoms with Gasteiger partial charge in [0.2, 0.25) is 0 Å². The summed E-state index contributed by atoms with van der Waals surface area (Å²) in [7, 11) is 0. The van der Waals surface area contributed by atoms with Crippen LogP contribution in [0.15, 0.2) is 36.7 Å². The van der Waals surface area contributed by atoms with Gasteiger partial charge in [-0.1, -0.05) is 25.1 Å². The first-order chi connectivity index (χ1) is 8.40. The molecule has 0 spiro atoms. The summed E-state index contributed by atoms with van der Waals surface area (Å²) in [5.74, 6) is 0. The van der Waals surface area contributed by atoms with Crippen LogP contribution >= 0.6 is 0 Å². The summed E-state index contributed by atoms with van der Waals surface area (Å²) >= 11 is 0. The second kappa shape index (κ2) is 6.00. The summed E-state index contributed by atoms with van der Waals surface area (Å²) in [6.45, 7) is 4.38. The third-order valence-electron chi connectivity index (χ3n) is 2.25. The lowest BCUT2D eigenvalue weighted by Gasteiger charge is -2.01. The van der Waals surface area contributed by atoms with Crippen LogP contribution in [0.25, 0.3) is 5.69 Å². The van der Waals surface area contributed by atoms with E-state index in [1.54, 1.807) is 11.0 Å². The van der Waals surface area contributed by atoms with Crippen LogP contribution in [0.4, 0.5) is 0 Å². The lowest BCUT2D eigenvalue weighted by Crippen LogP contribution is -2.20. The molecule has 1 N–H and O–H groups in total. The first kappa shape index (κ1) is 11.6. The minimum Gasteiger partial charge on any atom is -0.461 e. The summed E-state index contributed by atoms with van der Waals surface area (Å²) in [6.07, 6.45) is 1.65. The second-order valence-corrected chi connectivity index (χ2v) is 3.51. The molecule has 0 bridgehead atoms. The molecular weight excluding hydrogens is 216 g/mol. The number of aromatic nitrogens is 3. The molecule has 5 nitrogen and oxygen atoms in total. The summed E-state index contributed by atoms with van der Waals surface area (Å²) in [6, 6.07) is 10.2. The zero-order valence-corrected chi connectivity index (χ0v) is 9.84. The summed E-state index contributed by atoms with van der Waals surface area (Å²) in [4.78, 5) is 4.09. The molecule has 0 aliphatic rings. The van der Waals surface area contributed by atoms with Crippen molar-refractivity contribution in [3.05, 3.63) is 36.7 Å². The fraction of sp³-hybridized carbons (Fsp3) is 0.333. The van der Waals surface area contributed by atoms with E-state index >= 15 is 0 Å². The minimum atomic E-state index is 0.409. The fourth-order valence-electron chi connectivity index (χ4n) is 1.41. The molecule has 5 heteroatoms. The molecular formula is C12H16N4O. The number of nitrogens with zero attached hydrogens (tertiary/aromatic N) is 3. The Morgan fingerprint density at radius 1 is 1.29 bits per heavy atom. The quantitative estimate of drug-likeness (QED) is 0.762. The summed E-state index contributed by atoms with van der Waals surface area (Å²) in [5.41, 5.74) is 0.974. The predicted molar refractivity (Wildman–Crippen MR) is 65.4 cm³/mol. The van der Waals surface area contributed by atoms with Crippen LogP contribution in [0.3, 0.4) is 0 Å². The van der Waals surface area contributed by atoms with Gasteiger partial charge in [0, 0.05) is 6.54 Å². The molecule has 0 saturated carbocycles. The van der Waals surface area contributed by atoms with Gasteiger partial charge in [0.1, 0.15) is 12.9 Å². The molecule has 0 amide bonds. The third-order valence-corrected chi connectivity index (χ3v) is 2.25. The molecule has 1 aromatic heterocycles. The molecule has 2 aromatic rings. The molecule has 0 fully saturated rings. The number of ether oxygens (including phenoxy) is 1. The summed E-state index contributed by atoms with van der Waals surface area (Å²) < 4.78 is 7.10. The van der Waals surface area contributed by atoms with Gasteiger partial charge in [-0.25, -0.2) is 4.68 Å². The Morgan fingerprint density at radius 3 is 2.88 bits per heavy atom.